The molecule has 0 bridgehead atoms. The minimum atomic E-state index is -1.81. The van der Waals surface area contributed by atoms with E-state index in [1.165, 1.54) is 17.6 Å². The Morgan fingerprint density at radius 3 is 2.41 bits per heavy atom. The van der Waals surface area contributed by atoms with Gasteiger partial charge in [-0.1, -0.05) is 24.3 Å². The lowest BCUT2D eigenvalue weighted by molar-refractivity contribution is -0.124. The predicted octanol–water partition coefficient (Wildman–Crippen LogP) is 3.44. The van der Waals surface area contributed by atoms with Crippen LogP contribution in [0.25, 0.3) is 6.08 Å². The summed E-state index contributed by atoms with van der Waals surface area (Å²) in [7, 11) is 1.76. The first-order valence-electron chi connectivity index (χ1n) is 8.03. The summed E-state index contributed by atoms with van der Waals surface area (Å²) < 4.78 is 53.1. The van der Waals surface area contributed by atoms with Crippen LogP contribution in [0.3, 0.4) is 0 Å². The fraction of sp³-hybridized carbons (Fsp3) is 0.211. The van der Waals surface area contributed by atoms with Gasteiger partial charge in [0.1, 0.15) is 0 Å². The summed E-state index contributed by atoms with van der Waals surface area (Å²) in [5.41, 5.74) is 2.95. The number of nitrogens with zero attached hydrogens (tertiary/aromatic N) is 1. The molecule has 0 aromatic heterocycles. The third kappa shape index (κ3) is 5.63. The van der Waals surface area contributed by atoms with E-state index in [1.54, 1.807) is 19.2 Å². The minimum Gasteiger partial charge on any atom is -0.302 e. The first kappa shape index (κ1) is 20.6. The van der Waals surface area contributed by atoms with Gasteiger partial charge in [-0.2, -0.15) is 0 Å². The van der Waals surface area contributed by atoms with Gasteiger partial charge in [0, 0.05) is 19.2 Å². The standard InChI is InChI=1S/C19H18F4N2O2/c1-25(9-8-14-10-15(20)18(22)19(23)17(14)21)11-13-4-2-12(3-5-13)6-7-16(26)24-27/h2-7,10,27H,8-9,11H2,1H3,(H,24,26)/b7-6+. The molecule has 4 nitrogen and oxygen atoms in total. The predicted molar refractivity (Wildman–Crippen MR) is 91.7 cm³/mol. The van der Waals surface area contributed by atoms with Crippen molar-refractivity contribution in [2.24, 2.45) is 0 Å². The van der Waals surface area contributed by atoms with Crippen molar-refractivity contribution in [2.75, 3.05) is 13.6 Å². The second kappa shape index (κ2) is 9.29. The summed E-state index contributed by atoms with van der Waals surface area (Å²) in [6.07, 6.45) is 2.73. The summed E-state index contributed by atoms with van der Waals surface area (Å²) in [5, 5.41) is 8.41. The molecule has 0 saturated carbocycles. The normalized spacial score (nSPS) is 11.4. The van der Waals surface area contributed by atoms with Crippen LogP contribution in [0.2, 0.25) is 0 Å². The highest BCUT2D eigenvalue weighted by molar-refractivity contribution is 5.90. The Morgan fingerprint density at radius 1 is 1.11 bits per heavy atom. The average molecular weight is 382 g/mol. The highest BCUT2D eigenvalue weighted by Crippen LogP contribution is 2.19. The molecule has 0 saturated heterocycles. The van der Waals surface area contributed by atoms with Crippen molar-refractivity contribution in [1.29, 1.82) is 0 Å². The average Bonchev–Trinajstić information content (AvgIpc) is 2.67. The van der Waals surface area contributed by atoms with Crippen molar-refractivity contribution in [2.45, 2.75) is 13.0 Å². The second-order valence-corrected chi connectivity index (χ2v) is 6.00. The SMILES string of the molecule is CN(CCc1cc(F)c(F)c(F)c1F)Cc1ccc(/C=C/C(=O)NO)cc1. The lowest BCUT2D eigenvalue weighted by Crippen LogP contribution is -2.21. The number of hydrogen-bond acceptors (Lipinski definition) is 3. The molecule has 8 heteroatoms. The van der Waals surface area contributed by atoms with Crippen LogP contribution < -0.4 is 5.48 Å². The summed E-state index contributed by atoms with van der Waals surface area (Å²) >= 11 is 0. The molecule has 0 spiro atoms. The number of nitrogens with one attached hydrogen (secondary N) is 1. The highest BCUT2D eigenvalue weighted by Gasteiger charge is 2.18. The number of hydroxylamine groups is 1. The van der Waals surface area contributed by atoms with E-state index in [0.29, 0.717) is 19.2 Å². The molecule has 2 aromatic carbocycles. The van der Waals surface area contributed by atoms with Crippen LogP contribution in [-0.2, 0) is 17.8 Å². The van der Waals surface area contributed by atoms with Crippen molar-refractivity contribution < 1.29 is 27.6 Å². The van der Waals surface area contributed by atoms with Crippen molar-refractivity contribution in [3.05, 3.63) is 76.4 Å². The van der Waals surface area contributed by atoms with Gasteiger partial charge in [0.2, 0.25) is 0 Å². The summed E-state index contributed by atoms with van der Waals surface area (Å²) in [4.78, 5) is 12.7. The number of amides is 1. The van der Waals surface area contributed by atoms with Gasteiger partial charge in [-0.3, -0.25) is 10.0 Å². The van der Waals surface area contributed by atoms with E-state index in [4.69, 9.17) is 5.21 Å². The summed E-state index contributed by atoms with van der Waals surface area (Å²) in [6.45, 7) is 0.800. The van der Waals surface area contributed by atoms with Gasteiger partial charge in [0.05, 0.1) is 0 Å². The Balaban J connectivity index is 1.93. The monoisotopic (exact) mass is 382 g/mol. The van der Waals surface area contributed by atoms with Gasteiger partial charge in [-0.25, -0.2) is 23.0 Å². The van der Waals surface area contributed by atoms with E-state index in [2.05, 4.69) is 0 Å². The van der Waals surface area contributed by atoms with Crippen LogP contribution in [0.4, 0.5) is 17.6 Å². The molecule has 0 aliphatic carbocycles. The topological polar surface area (TPSA) is 52.6 Å². The lowest BCUT2D eigenvalue weighted by Gasteiger charge is -2.17. The van der Waals surface area contributed by atoms with E-state index in [-0.39, 0.29) is 12.0 Å². The molecule has 0 atom stereocenters. The highest BCUT2D eigenvalue weighted by atomic mass is 19.2. The number of carbonyl (C=O) groups excluding carboxylic acids is 1. The molecular weight excluding hydrogens is 364 g/mol. The van der Waals surface area contributed by atoms with Crippen LogP contribution in [0, 0.1) is 23.3 Å². The quantitative estimate of drug-likeness (QED) is 0.193. The van der Waals surface area contributed by atoms with Crippen molar-refractivity contribution >= 4 is 12.0 Å². The van der Waals surface area contributed by atoms with Gasteiger partial charge in [0.25, 0.3) is 5.91 Å². The number of carbonyl (C=O) groups is 1. The zero-order chi connectivity index (χ0) is 20.0. The number of benzene rings is 2. The van der Waals surface area contributed by atoms with Crippen LogP contribution in [0.15, 0.2) is 36.4 Å². The van der Waals surface area contributed by atoms with Crippen molar-refractivity contribution in [3.8, 4) is 0 Å². The maximum absolute atomic E-state index is 13.7. The Bertz CT molecular complexity index is 839. The van der Waals surface area contributed by atoms with Crippen molar-refractivity contribution in [3.63, 3.8) is 0 Å². The fourth-order valence-corrected chi connectivity index (χ4v) is 2.45. The van der Waals surface area contributed by atoms with E-state index in [9.17, 15) is 22.4 Å². The van der Waals surface area contributed by atoms with E-state index < -0.39 is 29.2 Å². The van der Waals surface area contributed by atoms with Gasteiger partial charge < -0.3 is 4.90 Å². The number of likely N-dealkylation sites (N-methyl/N-ethyl adjacent to an activating group) is 1. The molecule has 1 amide bonds. The second-order valence-electron chi connectivity index (χ2n) is 6.00. The number of halogens is 4. The Labute approximate surface area is 153 Å². The molecule has 0 heterocycles. The van der Waals surface area contributed by atoms with Gasteiger partial charge in [0.15, 0.2) is 23.3 Å². The van der Waals surface area contributed by atoms with E-state index >= 15 is 0 Å². The molecule has 2 aromatic rings. The van der Waals surface area contributed by atoms with Crippen LogP contribution in [-0.4, -0.2) is 29.6 Å². The Morgan fingerprint density at radius 2 is 1.78 bits per heavy atom. The number of hydrogen-bond donors (Lipinski definition) is 2. The summed E-state index contributed by atoms with van der Waals surface area (Å²) in [5.74, 6) is -7.03. The largest absolute Gasteiger partial charge is 0.302 e. The molecule has 2 rings (SSSR count). The van der Waals surface area contributed by atoms with E-state index in [0.717, 1.165) is 11.1 Å². The van der Waals surface area contributed by atoms with Gasteiger partial charge in [-0.15, -0.1) is 0 Å². The lowest BCUT2D eigenvalue weighted by atomic mass is 10.1. The van der Waals surface area contributed by atoms with Crippen LogP contribution in [0.5, 0.6) is 0 Å². The summed E-state index contributed by atoms with van der Waals surface area (Å²) in [6, 6.07) is 7.87. The Hall–Kier alpha value is -2.71. The minimum absolute atomic E-state index is 0.0214. The fourth-order valence-electron chi connectivity index (χ4n) is 2.45. The van der Waals surface area contributed by atoms with Gasteiger partial charge >= 0.3 is 0 Å². The molecule has 0 aliphatic rings. The number of rotatable bonds is 7. The first-order chi connectivity index (χ1) is 12.8. The zero-order valence-corrected chi connectivity index (χ0v) is 14.5. The molecule has 0 aliphatic heterocycles. The van der Waals surface area contributed by atoms with Gasteiger partial charge in [-0.05, 0) is 42.3 Å². The maximum Gasteiger partial charge on any atom is 0.267 e. The Kier molecular flexibility index (Phi) is 7.09. The molecule has 0 fully saturated rings. The van der Waals surface area contributed by atoms with Crippen LogP contribution in [0.1, 0.15) is 16.7 Å². The molecule has 144 valence electrons. The smallest absolute Gasteiger partial charge is 0.267 e. The molecule has 0 unspecified atom stereocenters. The molecular formula is C19H18F4N2O2. The third-order valence-electron chi connectivity index (χ3n) is 3.91. The molecule has 27 heavy (non-hydrogen) atoms. The van der Waals surface area contributed by atoms with Crippen molar-refractivity contribution in [1.82, 2.24) is 10.4 Å². The molecule has 2 N–H and O–H groups in total. The first-order valence-corrected chi connectivity index (χ1v) is 8.03. The third-order valence-corrected chi connectivity index (χ3v) is 3.91. The molecule has 0 radical (unpaired) electrons. The van der Waals surface area contributed by atoms with Crippen LogP contribution >= 0.6 is 0 Å². The zero-order valence-electron chi connectivity index (χ0n) is 14.5. The maximum atomic E-state index is 13.7. The van der Waals surface area contributed by atoms with E-state index in [1.807, 2.05) is 17.0 Å².